The number of para-hydroxylation sites is 1. The highest BCUT2D eigenvalue weighted by molar-refractivity contribution is 6.32. The Morgan fingerprint density at radius 1 is 1.24 bits per heavy atom. The second-order valence-electron chi connectivity index (χ2n) is 5.60. The number of hydrogen-bond donors (Lipinski definition) is 1. The summed E-state index contributed by atoms with van der Waals surface area (Å²) in [5.74, 6) is 1.25. The molecule has 1 aliphatic heterocycles. The van der Waals surface area contributed by atoms with E-state index in [9.17, 15) is 5.11 Å². The van der Waals surface area contributed by atoms with Crippen molar-refractivity contribution in [2.24, 2.45) is 0 Å². The van der Waals surface area contributed by atoms with Crippen molar-refractivity contribution in [1.29, 1.82) is 0 Å². The molecule has 2 nitrogen and oxygen atoms in total. The van der Waals surface area contributed by atoms with Crippen molar-refractivity contribution in [2.75, 3.05) is 6.61 Å². The van der Waals surface area contributed by atoms with Crippen molar-refractivity contribution in [3.63, 3.8) is 0 Å². The lowest BCUT2D eigenvalue weighted by Gasteiger charge is -2.28. The van der Waals surface area contributed by atoms with E-state index in [2.05, 4.69) is 6.07 Å². The summed E-state index contributed by atoms with van der Waals surface area (Å²) in [7, 11) is 0. The lowest BCUT2D eigenvalue weighted by atomic mass is 9.86. The molecule has 1 N–H and O–H groups in total. The van der Waals surface area contributed by atoms with Gasteiger partial charge in [0.25, 0.3) is 0 Å². The van der Waals surface area contributed by atoms with Gasteiger partial charge in [0.2, 0.25) is 0 Å². The van der Waals surface area contributed by atoms with E-state index in [1.165, 1.54) is 5.56 Å². The predicted molar refractivity (Wildman–Crippen MR) is 85.1 cm³/mol. The molecule has 21 heavy (non-hydrogen) atoms. The van der Waals surface area contributed by atoms with Gasteiger partial charge in [-0.25, -0.2) is 0 Å². The fourth-order valence-corrected chi connectivity index (χ4v) is 3.24. The first kappa shape index (κ1) is 14.4. The molecule has 0 amide bonds. The van der Waals surface area contributed by atoms with Gasteiger partial charge < -0.3 is 9.84 Å². The number of benzene rings is 2. The van der Waals surface area contributed by atoms with Crippen LogP contribution in [0.3, 0.4) is 0 Å². The second-order valence-corrected chi connectivity index (χ2v) is 5.98. The zero-order valence-corrected chi connectivity index (χ0v) is 12.8. The summed E-state index contributed by atoms with van der Waals surface area (Å²) in [6.07, 6.45) is 1.05. The Labute approximate surface area is 130 Å². The maximum Gasteiger partial charge on any atom is 0.122 e. The molecule has 0 spiro atoms. The normalized spacial score (nSPS) is 18.7. The minimum Gasteiger partial charge on any atom is -0.493 e. The Hall–Kier alpha value is -1.51. The number of aryl methyl sites for hydroxylation is 1. The van der Waals surface area contributed by atoms with Crippen LogP contribution in [0, 0.1) is 6.92 Å². The first-order valence-corrected chi connectivity index (χ1v) is 7.69. The standard InChI is InChI=1S/C18H19ClO2/c1-12-5-4-7-15(18(12)19)16(20)11-13-9-10-21-17-8-3-2-6-14(13)17/h2-8,13,16,20H,9-11H2,1H3. The van der Waals surface area contributed by atoms with Crippen LogP contribution < -0.4 is 4.74 Å². The molecule has 0 radical (unpaired) electrons. The average Bonchev–Trinajstić information content (AvgIpc) is 2.50. The van der Waals surface area contributed by atoms with Gasteiger partial charge in [-0.2, -0.15) is 0 Å². The number of hydrogen-bond acceptors (Lipinski definition) is 2. The van der Waals surface area contributed by atoms with Gasteiger partial charge in [0, 0.05) is 5.02 Å². The van der Waals surface area contributed by atoms with Crippen molar-refractivity contribution in [1.82, 2.24) is 0 Å². The molecule has 3 rings (SSSR count). The lowest BCUT2D eigenvalue weighted by Crippen LogP contribution is -2.16. The summed E-state index contributed by atoms with van der Waals surface area (Å²) in [4.78, 5) is 0. The minimum atomic E-state index is -0.548. The maximum absolute atomic E-state index is 10.6. The van der Waals surface area contributed by atoms with Crippen molar-refractivity contribution >= 4 is 11.6 Å². The summed E-state index contributed by atoms with van der Waals surface area (Å²) in [6, 6.07) is 13.9. The molecule has 0 saturated carbocycles. The van der Waals surface area contributed by atoms with Crippen LogP contribution in [-0.2, 0) is 0 Å². The third kappa shape index (κ3) is 2.92. The monoisotopic (exact) mass is 302 g/mol. The molecular weight excluding hydrogens is 284 g/mol. The largest absolute Gasteiger partial charge is 0.493 e. The van der Waals surface area contributed by atoms with Gasteiger partial charge in [0.05, 0.1) is 12.7 Å². The van der Waals surface area contributed by atoms with Gasteiger partial charge in [0.15, 0.2) is 0 Å². The van der Waals surface area contributed by atoms with Crippen LogP contribution >= 0.6 is 11.6 Å². The van der Waals surface area contributed by atoms with E-state index in [0.717, 1.165) is 23.3 Å². The third-order valence-electron chi connectivity index (χ3n) is 4.17. The molecule has 0 aromatic heterocycles. The summed E-state index contributed by atoms with van der Waals surface area (Å²) < 4.78 is 5.68. The molecule has 0 aliphatic carbocycles. The number of halogens is 1. The molecular formula is C18H19ClO2. The number of aliphatic hydroxyl groups is 1. The zero-order valence-electron chi connectivity index (χ0n) is 12.1. The van der Waals surface area contributed by atoms with E-state index < -0.39 is 6.10 Å². The van der Waals surface area contributed by atoms with E-state index in [-0.39, 0.29) is 0 Å². The quantitative estimate of drug-likeness (QED) is 0.895. The Morgan fingerprint density at radius 3 is 2.90 bits per heavy atom. The number of aliphatic hydroxyl groups excluding tert-OH is 1. The maximum atomic E-state index is 10.6. The van der Waals surface area contributed by atoms with Gasteiger partial charge in [-0.15, -0.1) is 0 Å². The first-order valence-electron chi connectivity index (χ1n) is 7.31. The number of fused-ring (bicyclic) bond motifs is 1. The van der Waals surface area contributed by atoms with Crippen LogP contribution in [0.1, 0.15) is 41.6 Å². The van der Waals surface area contributed by atoms with Gasteiger partial charge >= 0.3 is 0 Å². The van der Waals surface area contributed by atoms with Gasteiger partial charge in [-0.3, -0.25) is 0 Å². The minimum absolute atomic E-state index is 0.307. The molecule has 0 fully saturated rings. The van der Waals surface area contributed by atoms with E-state index in [1.54, 1.807) is 0 Å². The molecule has 2 aromatic carbocycles. The average molecular weight is 303 g/mol. The fraction of sp³-hybridized carbons (Fsp3) is 0.333. The molecule has 2 aromatic rings. The van der Waals surface area contributed by atoms with Crippen LogP contribution in [0.25, 0.3) is 0 Å². The molecule has 3 heteroatoms. The Balaban J connectivity index is 1.83. The topological polar surface area (TPSA) is 29.5 Å². The summed E-state index contributed by atoms with van der Waals surface area (Å²) in [5.41, 5.74) is 3.01. The van der Waals surface area contributed by atoms with Crippen LogP contribution in [0.4, 0.5) is 0 Å². The van der Waals surface area contributed by atoms with Crippen molar-refractivity contribution in [3.8, 4) is 5.75 Å². The van der Waals surface area contributed by atoms with Crippen molar-refractivity contribution < 1.29 is 9.84 Å². The van der Waals surface area contributed by atoms with E-state index >= 15 is 0 Å². The highest BCUT2D eigenvalue weighted by Gasteiger charge is 2.25. The number of ether oxygens (including phenoxy) is 1. The Kier molecular flexibility index (Phi) is 4.18. The molecule has 2 atom stereocenters. The van der Waals surface area contributed by atoms with Crippen molar-refractivity contribution in [2.45, 2.75) is 31.8 Å². The predicted octanol–water partition coefficient (Wildman–Crippen LogP) is 4.64. The lowest BCUT2D eigenvalue weighted by molar-refractivity contribution is 0.145. The van der Waals surface area contributed by atoms with E-state index in [1.807, 2.05) is 43.3 Å². The molecule has 1 aliphatic rings. The number of rotatable bonds is 3. The molecule has 110 valence electrons. The zero-order chi connectivity index (χ0) is 14.8. The summed E-state index contributed by atoms with van der Waals surface area (Å²) >= 11 is 6.32. The second kappa shape index (κ2) is 6.08. The molecule has 2 unspecified atom stereocenters. The summed E-state index contributed by atoms with van der Waals surface area (Å²) in [6.45, 7) is 2.66. The highest BCUT2D eigenvalue weighted by Crippen LogP contribution is 2.40. The Bertz CT molecular complexity index is 639. The molecule has 0 saturated heterocycles. The fourth-order valence-electron chi connectivity index (χ4n) is 2.98. The van der Waals surface area contributed by atoms with Gasteiger partial charge in [0.1, 0.15) is 5.75 Å². The van der Waals surface area contributed by atoms with Gasteiger partial charge in [-0.05, 0) is 48.4 Å². The highest BCUT2D eigenvalue weighted by atomic mass is 35.5. The third-order valence-corrected chi connectivity index (χ3v) is 4.69. The van der Waals surface area contributed by atoms with E-state index in [0.29, 0.717) is 24.0 Å². The Morgan fingerprint density at radius 2 is 2.05 bits per heavy atom. The van der Waals surface area contributed by atoms with Crippen LogP contribution in [0.2, 0.25) is 5.02 Å². The van der Waals surface area contributed by atoms with Crippen LogP contribution in [-0.4, -0.2) is 11.7 Å². The van der Waals surface area contributed by atoms with Crippen molar-refractivity contribution in [3.05, 3.63) is 64.2 Å². The first-order chi connectivity index (χ1) is 10.2. The van der Waals surface area contributed by atoms with Crippen LogP contribution in [0.5, 0.6) is 5.75 Å². The van der Waals surface area contributed by atoms with Gasteiger partial charge in [-0.1, -0.05) is 48.0 Å². The molecule has 0 bridgehead atoms. The SMILES string of the molecule is Cc1cccc(C(O)CC2CCOc3ccccc32)c1Cl. The van der Waals surface area contributed by atoms with Crippen LogP contribution in [0.15, 0.2) is 42.5 Å². The van der Waals surface area contributed by atoms with E-state index in [4.69, 9.17) is 16.3 Å². The molecule has 1 heterocycles. The smallest absolute Gasteiger partial charge is 0.122 e. The summed E-state index contributed by atoms with van der Waals surface area (Å²) in [5, 5.41) is 11.2.